The highest BCUT2D eigenvalue weighted by molar-refractivity contribution is 4.97. The lowest BCUT2D eigenvalue weighted by Crippen LogP contribution is -2.50. The molecule has 0 aromatic rings. The van der Waals surface area contributed by atoms with Gasteiger partial charge in [0, 0.05) is 18.7 Å². The Morgan fingerprint density at radius 1 is 1.17 bits per heavy atom. The minimum Gasteiger partial charge on any atom is -0.377 e. The molecule has 2 aliphatic heterocycles. The summed E-state index contributed by atoms with van der Waals surface area (Å²) >= 11 is 0. The van der Waals surface area contributed by atoms with Crippen LogP contribution in [0.4, 0.5) is 0 Å². The van der Waals surface area contributed by atoms with Gasteiger partial charge in [-0.2, -0.15) is 0 Å². The van der Waals surface area contributed by atoms with Crippen molar-refractivity contribution in [1.29, 1.82) is 0 Å². The van der Waals surface area contributed by atoms with E-state index < -0.39 is 0 Å². The van der Waals surface area contributed by atoms with Crippen LogP contribution in [0, 0.1) is 0 Å². The minimum absolute atomic E-state index is 0.148. The van der Waals surface area contributed by atoms with E-state index in [1.807, 2.05) is 0 Å². The smallest absolute Gasteiger partial charge is 0.0726 e. The first kappa shape index (κ1) is 12.9. The van der Waals surface area contributed by atoms with Crippen LogP contribution >= 0.6 is 0 Å². The second kappa shape index (κ2) is 4.77. The first-order chi connectivity index (χ1) is 8.62. The number of ether oxygens (including phenoxy) is 2. The van der Waals surface area contributed by atoms with Gasteiger partial charge in [-0.1, -0.05) is 12.8 Å². The quantitative estimate of drug-likeness (QED) is 0.838. The summed E-state index contributed by atoms with van der Waals surface area (Å²) < 4.78 is 12.0. The zero-order chi connectivity index (χ0) is 12.6. The molecule has 1 spiro atoms. The molecule has 1 aliphatic carbocycles. The monoisotopic (exact) mass is 253 g/mol. The molecule has 0 bridgehead atoms. The molecule has 3 heteroatoms. The summed E-state index contributed by atoms with van der Waals surface area (Å²) in [7, 11) is 0. The molecule has 18 heavy (non-hydrogen) atoms. The molecule has 3 atom stereocenters. The number of hydrogen-bond donors (Lipinski definition) is 1. The Labute approximate surface area is 111 Å². The van der Waals surface area contributed by atoms with E-state index in [4.69, 9.17) is 9.47 Å². The summed E-state index contributed by atoms with van der Waals surface area (Å²) in [6.07, 6.45) is 9.69. The van der Waals surface area contributed by atoms with Crippen molar-refractivity contribution in [1.82, 2.24) is 5.32 Å². The molecule has 2 heterocycles. The van der Waals surface area contributed by atoms with Crippen LogP contribution < -0.4 is 5.32 Å². The highest BCUT2D eigenvalue weighted by Crippen LogP contribution is 2.43. The zero-order valence-electron chi connectivity index (χ0n) is 11.8. The Kier molecular flexibility index (Phi) is 3.41. The Balaban J connectivity index is 1.50. The van der Waals surface area contributed by atoms with Gasteiger partial charge in [-0.15, -0.1) is 0 Å². The molecule has 3 fully saturated rings. The van der Waals surface area contributed by atoms with Gasteiger partial charge in [-0.25, -0.2) is 0 Å². The van der Waals surface area contributed by atoms with E-state index in [1.54, 1.807) is 0 Å². The van der Waals surface area contributed by atoms with Gasteiger partial charge in [0.2, 0.25) is 0 Å². The average molecular weight is 253 g/mol. The molecule has 0 aromatic carbocycles. The molecule has 2 saturated heterocycles. The van der Waals surface area contributed by atoms with Gasteiger partial charge in [0.25, 0.3) is 0 Å². The maximum Gasteiger partial charge on any atom is 0.0726 e. The molecule has 0 amide bonds. The van der Waals surface area contributed by atoms with Crippen LogP contribution in [0.25, 0.3) is 0 Å². The van der Waals surface area contributed by atoms with Crippen molar-refractivity contribution in [3.63, 3.8) is 0 Å². The molecule has 0 radical (unpaired) electrons. The lowest BCUT2D eigenvalue weighted by molar-refractivity contribution is -0.0385. The third-order valence-corrected chi connectivity index (χ3v) is 5.47. The third kappa shape index (κ3) is 2.33. The topological polar surface area (TPSA) is 30.5 Å². The predicted octanol–water partition coefficient (Wildman–Crippen LogP) is 2.64. The predicted molar refractivity (Wildman–Crippen MR) is 71.7 cm³/mol. The first-order valence-corrected chi connectivity index (χ1v) is 7.66. The highest BCUT2D eigenvalue weighted by Gasteiger charge is 2.43. The fourth-order valence-corrected chi connectivity index (χ4v) is 3.84. The molecule has 1 N–H and O–H groups in total. The van der Waals surface area contributed by atoms with E-state index in [-0.39, 0.29) is 11.1 Å². The van der Waals surface area contributed by atoms with Gasteiger partial charge >= 0.3 is 0 Å². The van der Waals surface area contributed by atoms with E-state index >= 15 is 0 Å². The van der Waals surface area contributed by atoms with Crippen LogP contribution in [0.5, 0.6) is 0 Å². The van der Waals surface area contributed by atoms with E-state index in [2.05, 4.69) is 19.2 Å². The standard InChI is InChI=1S/C15H27NO2/c1-12-14(2,9-10-17-12)16-11-13-5-8-15(18-13)6-3-4-7-15/h12-13,16H,3-11H2,1-2H3. The zero-order valence-corrected chi connectivity index (χ0v) is 11.8. The van der Waals surface area contributed by atoms with Gasteiger partial charge in [-0.05, 0) is 46.0 Å². The summed E-state index contributed by atoms with van der Waals surface area (Å²) in [6, 6.07) is 0. The van der Waals surface area contributed by atoms with Gasteiger partial charge in [-0.3, -0.25) is 0 Å². The molecule has 3 nitrogen and oxygen atoms in total. The Hall–Kier alpha value is -0.120. The Morgan fingerprint density at radius 2 is 1.94 bits per heavy atom. The second-order valence-electron chi connectivity index (χ2n) is 6.73. The van der Waals surface area contributed by atoms with Crippen molar-refractivity contribution in [2.45, 2.75) is 82.1 Å². The summed E-state index contributed by atoms with van der Waals surface area (Å²) in [4.78, 5) is 0. The summed E-state index contributed by atoms with van der Waals surface area (Å²) in [5, 5.41) is 3.71. The van der Waals surface area contributed by atoms with E-state index in [1.165, 1.54) is 38.5 Å². The third-order valence-electron chi connectivity index (χ3n) is 5.47. The lowest BCUT2D eigenvalue weighted by atomic mass is 9.94. The van der Waals surface area contributed by atoms with Crippen LogP contribution in [0.2, 0.25) is 0 Å². The normalized spacial score (nSPS) is 43.0. The molecule has 1 saturated carbocycles. The summed E-state index contributed by atoms with van der Waals surface area (Å²) in [5.41, 5.74) is 0.417. The Morgan fingerprint density at radius 3 is 2.61 bits per heavy atom. The fourth-order valence-electron chi connectivity index (χ4n) is 3.84. The van der Waals surface area contributed by atoms with Gasteiger partial charge in [0.15, 0.2) is 0 Å². The van der Waals surface area contributed by atoms with Crippen LogP contribution in [0.3, 0.4) is 0 Å². The summed E-state index contributed by atoms with van der Waals surface area (Å²) in [5.74, 6) is 0. The van der Waals surface area contributed by atoms with E-state index in [9.17, 15) is 0 Å². The largest absolute Gasteiger partial charge is 0.377 e. The van der Waals surface area contributed by atoms with Crippen molar-refractivity contribution >= 4 is 0 Å². The molecule has 3 rings (SSSR count). The molecular weight excluding hydrogens is 226 g/mol. The van der Waals surface area contributed by atoms with Crippen molar-refractivity contribution in [2.24, 2.45) is 0 Å². The molecule has 104 valence electrons. The van der Waals surface area contributed by atoms with Crippen LogP contribution in [-0.4, -0.2) is 36.5 Å². The highest BCUT2D eigenvalue weighted by atomic mass is 16.5. The van der Waals surface area contributed by atoms with Gasteiger partial charge in [0.1, 0.15) is 0 Å². The van der Waals surface area contributed by atoms with Crippen LogP contribution in [-0.2, 0) is 9.47 Å². The molecule has 0 aromatic heterocycles. The second-order valence-corrected chi connectivity index (χ2v) is 6.73. The van der Waals surface area contributed by atoms with Gasteiger partial charge < -0.3 is 14.8 Å². The average Bonchev–Trinajstić information content (AvgIpc) is 3.04. The SMILES string of the molecule is CC1OCCC1(C)NCC1CCC2(CCCC2)O1. The Bertz CT molecular complexity index is 301. The number of hydrogen-bond acceptors (Lipinski definition) is 3. The molecular formula is C15H27NO2. The molecule has 3 aliphatic rings. The number of rotatable bonds is 3. The maximum absolute atomic E-state index is 6.35. The van der Waals surface area contributed by atoms with Crippen molar-refractivity contribution < 1.29 is 9.47 Å². The maximum atomic E-state index is 6.35. The number of nitrogens with one attached hydrogen (secondary N) is 1. The van der Waals surface area contributed by atoms with Gasteiger partial charge in [0.05, 0.1) is 17.8 Å². The summed E-state index contributed by atoms with van der Waals surface area (Å²) in [6.45, 7) is 6.34. The molecule has 3 unspecified atom stereocenters. The first-order valence-electron chi connectivity index (χ1n) is 7.66. The minimum atomic E-state index is 0.148. The van der Waals surface area contributed by atoms with Crippen molar-refractivity contribution in [3.8, 4) is 0 Å². The van der Waals surface area contributed by atoms with Crippen LogP contribution in [0.15, 0.2) is 0 Å². The van der Waals surface area contributed by atoms with Crippen molar-refractivity contribution in [3.05, 3.63) is 0 Å². The van der Waals surface area contributed by atoms with Crippen molar-refractivity contribution in [2.75, 3.05) is 13.2 Å². The van der Waals surface area contributed by atoms with Crippen LogP contribution in [0.1, 0.15) is 58.8 Å². The lowest BCUT2D eigenvalue weighted by Gasteiger charge is -2.31. The fraction of sp³-hybridized carbons (Fsp3) is 1.00. The van der Waals surface area contributed by atoms with E-state index in [0.29, 0.717) is 12.2 Å². The van der Waals surface area contributed by atoms with E-state index in [0.717, 1.165) is 19.6 Å².